The molecule has 0 aromatic heterocycles. The van der Waals surface area contributed by atoms with E-state index in [0.29, 0.717) is 6.61 Å². The molecule has 174 valence electrons. The fourth-order valence-electron chi connectivity index (χ4n) is 6.87. The second-order valence-electron chi connectivity index (χ2n) is 10.00. The summed E-state index contributed by atoms with van der Waals surface area (Å²) in [5.74, 6) is 2.51. The molecule has 4 nitrogen and oxygen atoms in total. The zero-order chi connectivity index (χ0) is 19.8. The fourth-order valence-corrected chi connectivity index (χ4v) is 7.05. The monoisotopic (exact) mass is 488 g/mol. The van der Waals surface area contributed by atoms with Crippen LogP contribution in [0.5, 0.6) is 0 Å². The first-order valence-electron chi connectivity index (χ1n) is 11.5. The SMILES string of the molecule is Cl.Cl.O=C(OCCCN1CCN(c2cccc(Cl)c2)CC1)C12CC3CC(CC(C3)C1)C2. The van der Waals surface area contributed by atoms with Crippen molar-refractivity contribution in [3.8, 4) is 0 Å². The highest BCUT2D eigenvalue weighted by Crippen LogP contribution is 2.60. The molecule has 6 rings (SSSR count). The van der Waals surface area contributed by atoms with Crippen LogP contribution in [-0.4, -0.2) is 50.2 Å². The van der Waals surface area contributed by atoms with E-state index in [-0.39, 0.29) is 36.2 Å². The van der Waals surface area contributed by atoms with Crippen LogP contribution in [0.15, 0.2) is 24.3 Å². The molecule has 0 amide bonds. The van der Waals surface area contributed by atoms with E-state index >= 15 is 0 Å². The maximum atomic E-state index is 12.9. The standard InChI is InChI=1S/C24H33ClN2O2.2ClH/c25-21-3-1-4-22(14-21)27-8-6-26(7-9-27)5-2-10-29-23(28)24-15-18-11-19(16-24)13-20(12-18)17-24;;/h1,3-4,14,18-20H,2,5-13,15-17H2;2*1H. The number of hydrogen-bond acceptors (Lipinski definition) is 4. The van der Waals surface area contributed by atoms with E-state index in [1.165, 1.54) is 24.9 Å². The number of benzene rings is 1. The number of hydrogen-bond donors (Lipinski definition) is 0. The molecule has 4 bridgehead atoms. The summed E-state index contributed by atoms with van der Waals surface area (Å²) in [6, 6.07) is 8.11. The molecule has 1 saturated heterocycles. The zero-order valence-electron chi connectivity index (χ0n) is 18.1. The van der Waals surface area contributed by atoms with Crippen molar-refractivity contribution >= 4 is 48.1 Å². The molecule has 1 aromatic rings. The minimum absolute atomic E-state index is 0. The molecular weight excluding hydrogens is 455 g/mol. The number of halogens is 3. The Morgan fingerprint density at radius 1 is 1.00 bits per heavy atom. The maximum Gasteiger partial charge on any atom is 0.312 e. The molecule has 1 aromatic carbocycles. The number of rotatable bonds is 6. The van der Waals surface area contributed by atoms with Gasteiger partial charge in [0.25, 0.3) is 0 Å². The van der Waals surface area contributed by atoms with Crippen molar-refractivity contribution in [3.05, 3.63) is 29.3 Å². The highest BCUT2D eigenvalue weighted by molar-refractivity contribution is 6.30. The lowest BCUT2D eigenvalue weighted by atomic mass is 9.49. The first kappa shape index (κ1) is 25.0. The van der Waals surface area contributed by atoms with Crippen LogP contribution >= 0.6 is 36.4 Å². The lowest BCUT2D eigenvalue weighted by Gasteiger charge is -2.55. The van der Waals surface area contributed by atoms with Gasteiger partial charge in [-0.25, -0.2) is 0 Å². The average molecular weight is 490 g/mol. The Morgan fingerprint density at radius 2 is 1.61 bits per heavy atom. The van der Waals surface area contributed by atoms with E-state index in [1.807, 2.05) is 18.2 Å². The molecule has 5 fully saturated rings. The van der Waals surface area contributed by atoms with Gasteiger partial charge in [-0.3, -0.25) is 9.69 Å². The molecular formula is C24H35Cl3N2O2. The number of piperazine rings is 1. The molecule has 1 heterocycles. The molecule has 5 aliphatic rings. The van der Waals surface area contributed by atoms with Crippen LogP contribution in [0.1, 0.15) is 44.9 Å². The lowest BCUT2D eigenvalue weighted by Crippen LogP contribution is -2.50. The Balaban J connectivity index is 0.00000136. The summed E-state index contributed by atoms with van der Waals surface area (Å²) in [6.45, 7) is 5.73. The first-order valence-corrected chi connectivity index (χ1v) is 11.9. The largest absolute Gasteiger partial charge is 0.465 e. The molecule has 4 saturated carbocycles. The predicted octanol–water partition coefficient (Wildman–Crippen LogP) is 5.46. The molecule has 0 N–H and O–H groups in total. The zero-order valence-corrected chi connectivity index (χ0v) is 20.5. The van der Waals surface area contributed by atoms with Crippen molar-refractivity contribution in [2.75, 3.05) is 44.2 Å². The van der Waals surface area contributed by atoms with Crippen LogP contribution in [0, 0.1) is 23.2 Å². The van der Waals surface area contributed by atoms with Crippen LogP contribution in [0.3, 0.4) is 0 Å². The Kier molecular flexibility index (Phi) is 8.45. The third kappa shape index (κ3) is 5.46. The van der Waals surface area contributed by atoms with Crippen LogP contribution in [-0.2, 0) is 9.53 Å². The number of anilines is 1. The van der Waals surface area contributed by atoms with Crippen molar-refractivity contribution < 1.29 is 9.53 Å². The second kappa shape index (κ2) is 10.5. The van der Waals surface area contributed by atoms with Gasteiger partial charge < -0.3 is 9.64 Å². The number of nitrogens with zero attached hydrogens (tertiary/aromatic N) is 2. The van der Waals surface area contributed by atoms with Crippen LogP contribution in [0.25, 0.3) is 0 Å². The number of carbonyl (C=O) groups excluding carboxylic acids is 1. The van der Waals surface area contributed by atoms with Gasteiger partial charge >= 0.3 is 5.97 Å². The summed E-state index contributed by atoms with van der Waals surface area (Å²) >= 11 is 6.12. The van der Waals surface area contributed by atoms with Crippen molar-refractivity contribution in [2.24, 2.45) is 23.2 Å². The number of carbonyl (C=O) groups is 1. The third-order valence-electron chi connectivity index (χ3n) is 7.87. The van der Waals surface area contributed by atoms with Crippen molar-refractivity contribution in [1.82, 2.24) is 4.90 Å². The van der Waals surface area contributed by atoms with E-state index in [0.717, 1.165) is 81.2 Å². The van der Waals surface area contributed by atoms with Crippen LogP contribution in [0.2, 0.25) is 5.02 Å². The maximum absolute atomic E-state index is 12.9. The topological polar surface area (TPSA) is 32.8 Å². The van der Waals surface area contributed by atoms with Gasteiger partial charge in [-0.05, 0) is 80.9 Å². The summed E-state index contributed by atoms with van der Waals surface area (Å²) in [6.07, 6.45) is 8.35. The van der Waals surface area contributed by atoms with E-state index in [9.17, 15) is 4.79 Å². The van der Waals surface area contributed by atoms with E-state index in [4.69, 9.17) is 16.3 Å². The first-order chi connectivity index (χ1) is 14.1. The highest BCUT2D eigenvalue weighted by atomic mass is 35.5. The minimum Gasteiger partial charge on any atom is -0.465 e. The smallest absolute Gasteiger partial charge is 0.312 e. The van der Waals surface area contributed by atoms with Crippen molar-refractivity contribution in [2.45, 2.75) is 44.9 Å². The Bertz CT molecular complexity index is 717. The molecule has 31 heavy (non-hydrogen) atoms. The molecule has 0 atom stereocenters. The number of ether oxygens (including phenoxy) is 1. The summed E-state index contributed by atoms with van der Waals surface area (Å²) in [4.78, 5) is 17.8. The molecule has 1 aliphatic heterocycles. The normalized spacial score (nSPS) is 31.6. The summed E-state index contributed by atoms with van der Waals surface area (Å²) < 4.78 is 5.83. The molecule has 0 unspecified atom stereocenters. The summed E-state index contributed by atoms with van der Waals surface area (Å²) in [5.41, 5.74) is 1.10. The third-order valence-corrected chi connectivity index (χ3v) is 8.10. The van der Waals surface area contributed by atoms with Gasteiger partial charge in [-0.2, -0.15) is 0 Å². The average Bonchev–Trinajstić information content (AvgIpc) is 2.70. The van der Waals surface area contributed by atoms with Gasteiger partial charge in [0, 0.05) is 43.4 Å². The lowest BCUT2D eigenvalue weighted by molar-refractivity contribution is -0.171. The Hall–Kier alpha value is -0.680. The van der Waals surface area contributed by atoms with Crippen molar-refractivity contribution in [3.63, 3.8) is 0 Å². The second-order valence-corrected chi connectivity index (χ2v) is 10.4. The summed E-state index contributed by atoms with van der Waals surface area (Å²) in [7, 11) is 0. The Labute approximate surface area is 203 Å². The molecule has 7 heteroatoms. The minimum atomic E-state index is -0.114. The summed E-state index contributed by atoms with van der Waals surface area (Å²) in [5, 5.41) is 0.797. The van der Waals surface area contributed by atoms with E-state index < -0.39 is 0 Å². The van der Waals surface area contributed by atoms with Crippen molar-refractivity contribution in [1.29, 1.82) is 0 Å². The molecule has 0 spiro atoms. The van der Waals surface area contributed by atoms with E-state index in [1.54, 1.807) is 0 Å². The van der Waals surface area contributed by atoms with Crippen LogP contribution < -0.4 is 4.90 Å². The molecule has 0 radical (unpaired) electrons. The van der Waals surface area contributed by atoms with Gasteiger partial charge in [0.1, 0.15) is 0 Å². The predicted molar refractivity (Wildman–Crippen MR) is 131 cm³/mol. The Morgan fingerprint density at radius 3 is 2.19 bits per heavy atom. The quantitative estimate of drug-likeness (QED) is 0.393. The highest BCUT2D eigenvalue weighted by Gasteiger charge is 2.55. The van der Waals surface area contributed by atoms with Gasteiger partial charge in [0.05, 0.1) is 12.0 Å². The number of esters is 1. The fraction of sp³-hybridized carbons (Fsp3) is 0.708. The molecule has 4 aliphatic carbocycles. The van der Waals surface area contributed by atoms with Crippen LogP contribution in [0.4, 0.5) is 5.69 Å². The van der Waals surface area contributed by atoms with Gasteiger partial charge in [0.2, 0.25) is 0 Å². The van der Waals surface area contributed by atoms with Gasteiger partial charge in [-0.15, -0.1) is 24.8 Å². The van der Waals surface area contributed by atoms with Gasteiger partial charge in [0.15, 0.2) is 0 Å². The van der Waals surface area contributed by atoms with Gasteiger partial charge in [-0.1, -0.05) is 17.7 Å². The van der Waals surface area contributed by atoms with E-state index in [2.05, 4.69) is 15.9 Å².